The van der Waals surface area contributed by atoms with Crippen LogP contribution in [0.1, 0.15) is 34.9 Å². The Morgan fingerprint density at radius 1 is 1.50 bits per heavy atom. The van der Waals surface area contributed by atoms with Crippen LogP contribution in [0.4, 0.5) is 0 Å². The highest BCUT2D eigenvalue weighted by Gasteiger charge is 2.16. The molecular formula is C12H12N2O3S. The third-order valence-electron chi connectivity index (χ3n) is 2.27. The fraction of sp³-hybridized carbons (Fsp3) is 0.250. The van der Waals surface area contributed by atoms with Crippen molar-refractivity contribution in [3.05, 3.63) is 46.2 Å². The molecule has 0 radical (unpaired) electrons. The van der Waals surface area contributed by atoms with Crippen LogP contribution in [0.5, 0.6) is 0 Å². The maximum Gasteiger partial charge on any atom is 0.356 e. The van der Waals surface area contributed by atoms with Crippen LogP contribution in [0.2, 0.25) is 0 Å². The van der Waals surface area contributed by atoms with Crippen molar-refractivity contribution in [2.45, 2.75) is 13.0 Å². The summed E-state index contributed by atoms with van der Waals surface area (Å²) in [5.41, 5.74) is 2.72. The van der Waals surface area contributed by atoms with Crippen LogP contribution in [0.3, 0.4) is 0 Å². The van der Waals surface area contributed by atoms with Crippen molar-refractivity contribution in [2.24, 2.45) is 0 Å². The summed E-state index contributed by atoms with van der Waals surface area (Å²) in [6, 6.07) is 4.85. The lowest BCUT2D eigenvalue weighted by Crippen LogP contribution is -2.10. The van der Waals surface area contributed by atoms with Gasteiger partial charge in [-0.25, -0.2) is 14.8 Å². The van der Waals surface area contributed by atoms with Crippen molar-refractivity contribution in [2.75, 3.05) is 6.61 Å². The lowest BCUT2D eigenvalue weighted by Gasteiger charge is -2.08. The van der Waals surface area contributed by atoms with Crippen LogP contribution >= 0.6 is 11.3 Å². The van der Waals surface area contributed by atoms with Crippen LogP contribution in [0.15, 0.2) is 29.1 Å². The van der Waals surface area contributed by atoms with Crippen molar-refractivity contribution < 1.29 is 14.6 Å². The van der Waals surface area contributed by atoms with Crippen molar-refractivity contribution in [1.29, 1.82) is 0 Å². The Morgan fingerprint density at radius 3 is 3.00 bits per heavy atom. The van der Waals surface area contributed by atoms with Crippen LogP contribution in [-0.4, -0.2) is 27.7 Å². The molecule has 0 aliphatic rings. The molecule has 2 heterocycles. The standard InChI is InChI=1S/C12H12N2O3S/c1-2-17-12(16)9-5-3-4-8(14-9)11(15)10-6-18-7-13-10/h3-7,11,15H,2H2,1H3. The number of aromatic nitrogens is 2. The summed E-state index contributed by atoms with van der Waals surface area (Å²) in [6.07, 6.45) is -0.925. The van der Waals surface area contributed by atoms with Crippen molar-refractivity contribution in [3.8, 4) is 0 Å². The molecule has 0 aromatic carbocycles. The highest BCUT2D eigenvalue weighted by atomic mass is 32.1. The van der Waals surface area contributed by atoms with E-state index in [0.717, 1.165) is 0 Å². The van der Waals surface area contributed by atoms with Crippen LogP contribution in [0.25, 0.3) is 0 Å². The fourth-order valence-electron chi connectivity index (χ4n) is 1.43. The van der Waals surface area contributed by atoms with E-state index in [9.17, 15) is 9.90 Å². The molecule has 0 aliphatic heterocycles. The highest BCUT2D eigenvalue weighted by molar-refractivity contribution is 7.07. The normalized spacial score (nSPS) is 12.1. The predicted molar refractivity (Wildman–Crippen MR) is 66.4 cm³/mol. The molecule has 5 nitrogen and oxygen atoms in total. The number of carbonyl (C=O) groups excluding carboxylic acids is 1. The Morgan fingerprint density at radius 2 is 2.33 bits per heavy atom. The number of aliphatic hydroxyl groups excluding tert-OH is 1. The van der Waals surface area contributed by atoms with Crippen molar-refractivity contribution >= 4 is 17.3 Å². The van der Waals surface area contributed by atoms with E-state index in [1.54, 1.807) is 36.0 Å². The van der Waals surface area contributed by atoms with Gasteiger partial charge in [0.1, 0.15) is 11.8 Å². The van der Waals surface area contributed by atoms with Gasteiger partial charge in [0.25, 0.3) is 0 Å². The molecule has 6 heteroatoms. The van der Waals surface area contributed by atoms with E-state index < -0.39 is 12.1 Å². The smallest absolute Gasteiger partial charge is 0.356 e. The van der Waals surface area contributed by atoms with Crippen molar-refractivity contribution in [1.82, 2.24) is 9.97 Å². The maximum atomic E-state index is 11.5. The molecule has 2 rings (SSSR count). The second-order valence-corrected chi connectivity index (χ2v) is 4.20. The van der Waals surface area contributed by atoms with E-state index in [0.29, 0.717) is 18.0 Å². The highest BCUT2D eigenvalue weighted by Crippen LogP contribution is 2.20. The average molecular weight is 264 g/mol. The second-order valence-electron chi connectivity index (χ2n) is 3.48. The minimum absolute atomic E-state index is 0.184. The summed E-state index contributed by atoms with van der Waals surface area (Å²) in [5, 5.41) is 11.8. The Kier molecular flexibility index (Phi) is 4.01. The largest absolute Gasteiger partial charge is 0.461 e. The van der Waals surface area contributed by atoms with Gasteiger partial charge < -0.3 is 9.84 Å². The van der Waals surface area contributed by atoms with Crippen LogP contribution in [-0.2, 0) is 4.74 Å². The zero-order valence-corrected chi connectivity index (χ0v) is 10.6. The molecule has 0 aliphatic carbocycles. The molecule has 2 aromatic heterocycles. The summed E-state index contributed by atoms with van der Waals surface area (Å²) in [4.78, 5) is 19.6. The first-order chi connectivity index (χ1) is 8.72. The summed E-state index contributed by atoms with van der Waals surface area (Å²) < 4.78 is 4.86. The molecule has 0 saturated carbocycles. The van der Waals surface area contributed by atoms with E-state index in [-0.39, 0.29) is 5.69 Å². The van der Waals surface area contributed by atoms with E-state index >= 15 is 0 Å². The number of pyridine rings is 1. The van der Waals surface area contributed by atoms with E-state index in [1.165, 1.54) is 11.3 Å². The number of esters is 1. The first-order valence-electron chi connectivity index (χ1n) is 5.42. The Hall–Kier alpha value is -1.79. The van der Waals surface area contributed by atoms with E-state index in [4.69, 9.17) is 4.74 Å². The summed E-state index contributed by atoms with van der Waals surface area (Å²) in [6.45, 7) is 2.02. The lowest BCUT2D eigenvalue weighted by atomic mass is 10.2. The zero-order chi connectivity index (χ0) is 13.0. The Balaban J connectivity index is 2.24. The number of thiazole rings is 1. The summed E-state index contributed by atoms with van der Waals surface area (Å²) in [5.74, 6) is -0.496. The molecule has 18 heavy (non-hydrogen) atoms. The van der Waals surface area contributed by atoms with Gasteiger partial charge in [0.05, 0.1) is 23.5 Å². The molecule has 0 amide bonds. The molecule has 0 bridgehead atoms. The Labute approximate surface area is 108 Å². The number of hydrogen-bond donors (Lipinski definition) is 1. The Bertz CT molecular complexity index is 528. The SMILES string of the molecule is CCOC(=O)c1cccc(C(O)c2cscn2)n1. The monoisotopic (exact) mass is 264 g/mol. The van der Waals surface area contributed by atoms with Gasteiger partial charge in [-0.1, -0.05) is 6.07 Å². The summed E-state index contributed by atoms with van der Waals surface area (Å²) in [7, 11) is 0. The molecule has 0 spiro atoms. The first-order valence-corrected chi connectivity index (χ1v) is 6.37. The maximum absolute atomic E-state index is 11.5. The molecule has 0 fully saturated rings. The third-order valence-corrected chi connectivity index (χ3v) is 2.87. The third kappa shape index (κ3) is 2.72. The average Bonchev–Trinajstić information content (AvgIpc) is 2.92. The van der Waals surface area contributed by atoms with Crippen molar-refractivity contribution in [3.63, 3.8) is 0 Å². The molecule has 1 unspecified atom stereocenters. The topological polar surface area (TPSA) is 72.3 Å². The van der Waals surface area contributed by atoms with Gasteiger partial charge in [-0.05, 0) is 19.1 Å². The minimum atomic E-state index is -0.925. The van der Waals surface area contributed by atoms with Crippen LogP contribution in [0, 0.1) is 0 Å². The fourth-order valence-corrected chi connectivity index (χ4v) is 2.00. The van der Waals surface area contributed by atoms with Gasteiger partial charge in [0, 0.05) is 5.38 Å². The molecule has 0 saturated heterocycles. The summed E-state index contributed by atoms with van der Waals surface area (Å²) >= 11 is 1.39. The van der Waals surface area contributed by atoms with Gasteiger partial charge in [0.2, 0.25) is 0 Å². The molecule has 94 valence electrons. The van der Waals surface area contributed by atoms with Gasteiger partial charge in [0.15, 0.2) is 0 Å². The molecule has 1 N–H and O–H groups in total. The van der Waals surface area contributed by atoms with E-state index in [1.807, 2.05) is 0 Å². The molecule has 1 atom stereocenters. The number of ether oxygens (including phenoxy) is 1. The predicted octanol–water partition coefficient (Wildman–Crippen LogP) is 1.80. The lowest BCUT2D eigenvalue weighted by molar-refractivity contribution is 0.0518. The first kappa shape index (κ1) is 12.7. The molecular weight excluding hydrogens is 252 g/mol. The van der Waals surface area contributed by atoms with E-state index in [2.05, 4.69) is 9.97 Å². The number of aliphatic hydroxyl groups is 1. The van der Waals surface area contributed by atoms with Crippen LogP contribution < -0.4 is 0 Å². The number of carbonyl (C=O) groups is 1. The van der Waals surface area contributed by atoms with Gasteiger partial charge >= 0.3 is 5.97 Å². The van der Waals surface area contributed by atoms with Gasteiger partial charge in [-0.2, -0.15) is 0 Å². The second kappa shape index (κ2) is 5.70. The number of rotatable bonds is 4. The quantitative estimate of drug-likeness (QED) is 0.852. The van der Waals surface area contributed by atoms with Gasteiger partial charge in [-0.3, -0.25) is 0 Å². The number of hydrogen-bond acceptors (Lipinski definition) is 6. The molecule has 2 aromatic rings. The number of nitrogens with zero attached hydrogens (tertiary/aromatic N) is 2. The van der Waals surface area contributed by atoms with Gasteiger partial charge in [-0.15, -0.1) is 11.3 Å². The zero-order valence-electron chi connectivity index (χ0n) is 9.74. The minimum Gasteiger partial charge on any atom is -0.461 e.